The number of nitrogens with zero attached hydrogens (tertiary/aromatic N) is 5. The van der Waals surface area contributed by atoms with E-state index in [0.29, 0.717) is 31.8 Å². The van der Waals surface area contributed by atoms with Gasteiger partial charge in [0.1, 0.15) is 10.0 Å². The highest BCUT2D eigenvalue weighted by Gasteiger charge is 2.34. The third kappa shape index (κ3) is 9.14. The summed E-state index contributed by atoms with van der Waals surface area (Å²) in [5, 5.41) is 1.49. The minimum atomic E-state index is -0.413. The van der Waals surface area contributed by atoms with Gasteiger partial charge in [-0.1, -0.05) is 79.9 Å². The van der Waals surface area contributed by atoms with E-state index in [2.05, 4.69) is 39.1 Å². The summed E-state index contributed by atoms with van der Waals surface area (Å²) in [6.45, 7) is 2.04. The molecule has 2 heterocycles. The normalized spacial score (nSPS) is 14.8. The maximum Gasteiger partial charge on any atom is 0.415 e. The van der Waals surface area contributed by atoms with Crippen LogP contribution in [0.15, 0.2) is 84.1 Å². The molecule has 1 saturated carbocycles. The van der Waals surface area contributed by atoms with Gasteiger partial charge in [-0.2, -0.15) is 0 Å². The van der Waals surface area contributed by atoms with Gasteiger partial charge in [-0.15, -0.1) is 22.7 Å². The fourth-order valence-electron chi connectivity index (χ4n) is 6.49. The average Bonchev–Trinajstić information content (AvgIpc) is 3.82. The van der Waals surface area contributed by atoms with Gasteiger partial charge in [0.15, 0.2) is 0 Å². The summed E-state index contributed by atoms with van der Waals surface area (Å²) in [6, 6.07) is 20.0. The lowest BCUT2D eigenvalue weighted by atomic mass is 9.88. The topological polar surface area (TPSA) is 88.1 Å². The number of amides is 2. The van der Waals surface area contributed by atoms with E-state index in [0.717, 1.165) is 27.7 Å². The van der Waals surface area contributed by atoms with Crippen molar-refractivity contribution in [3.05, 3.63) is 95.2 Å². The molecule has 0 saturated heterocycles. The van der Waals surface area contributed by atoms with E-state index in [-0.39, 0.29) is 12.1 Å². The highest BCUT2D eigenvalue weighted by atomic mass is 32.1. The standard InChI is InChI=1S/C35H43N5O4S2/c1-43-34(41)39(32-20-36-25-45-32)30(18-27-12-6-3-7-13-27)23-38(22-29-16-10-5-11-17-29)24-31(19-28-14-8-4-9-15-28)40(35(42)44-2)33-21-37-26-46-33/h3-4,6-9,12-15,20-21,25-26,29-31H,5,10-11,16-19,22-24H2,1-2H3/t30-,31-/m0/s1. The molecular formula is C35H43N5O4S2. The van der Waals surface area contributed by atoms with Crippen LogP contribution in [-0.2, 0) is 22.3 Å². The summed E-state index contributed by atoms with van der Waals surface area (Å²) in [6.07, 6.45) is 9.97. The summed E-state index contributed by atoms with van der Waals surface area (Å²) in [5.41, 5.74) is 5.74. The molecule has 4 aromatic rings. The van der Waals surface area contributed by atoms with Gasteiger partial charge in [0, 0.05) is 19.6 Å². The Morgan fingerprint density at radius 1 is 0.739 bits per heavy atom. The van der Waals surface area contributed by atoms with Crippen LogP contribution in [0, 0.1) is 5.92 Å². The minimum Gasteiger partial charge on any atom is -0.452 e. The molecule has 0 unspecified atom stereocenters. The van der Waals surface area contributed by atoms with Gasteiger partial charge in [0.05, 0.1) is 49.7 Å². The predicted molar refractivity (Wildman–Crippen MR) is 185 cm³/mol. The number of carbonyl (C=O) groups excluding carboxylic acids is 2. The molecule has 2 aromatic heterocycles. The first-order chi connectivity index (χ1) is 22.6. The van der Waals surface area contributed by atoms with Crippen molar-refractivity contribution in [2.75, 3.05) is 43.7 Å². The number of hydrogen-bond donors (Lipinski definition) is 0. The number of methoxy groups -OCH3 is 2. The van der Waals surface area contributed by atoms with Crippen LogP contribution >= 0.6 is 22.7 Å². The van der Waals surface area contributed by atoms with Crippen LogP contribution in [0.25, 0.3) is 0 Å². The molecule has 1 fully saturated rings. The molecule has 2 amide bonds. The monoisotopic (exact) mass is 661 g/mol. The predicted octanol–water partition coefficient (Wildman–Crippen LogP) is 7.55. The van der Waals surface area contributed by atoms with Crippen LogP contribution in [0.4, 0.5) is 19.6 Å². The zero-order valence-electron chi connectivity index (χ0n) is 26.6. The first-order valence-corrected chi connectivity index (χ1v) is 17.6. The molecule has 1 aliphatic carbocycles. The van der Waals surface area contributed by atoms with Crippen LogP contribution in [0.1, 0.15) is 43.2 Å². The Balaban J connectivity index is 1.53. The molecule has 2 aromatic carbocycles. The zero-order chi connectivity index (χ0) is 32.1. The van der Waals surface area contributed by atoms with Gasteiger partial charge in [-0.25, -0.2) is 9.59 Å². The van der Waals surface area contributed by atoms with Crippen molar-refractivity contribution in [3.8, 4) is 0 Å². The largest absolute Gasteiger partial charge is 0.452 e. The summed E-state index contributed by atoms with van der Waals surface area (Å²) in [4.78, 5) is 41.5. The lowest BCUT2D eigenvalue weighted by Crippen LogP contribution is -2.54. The van der Waals surface area contributed by atoms with Gasteiger partial charge in [-0.3, -0.25) is 24.7 Å². The third-order valence-corrected chi connectivity index (χ3v) is 10.1. The summed E-state index contributed by atoms with van der Waals surface area (Å²) in [5.74, 6) is 0.536. The Labute approximate surface area is 279 Å². The third-order valence-electron chi connectivity index (χ3n) is 8.59. The highest BCUT2D eigenvalue weighted by molar-refractivity contribution is 7.14. The number of anilines is 2. The van der Waals surface area contributed by atoms with Crippen molar-refractivity contribution in [2.24, 2.45) is 5.92 Å². The molecule has 2 atom stereocenters. The fraction of sp³-hybridized carbons (Fsp3) is 0.429. The summed E-state index contributed by atoms with van der Waals surface area (Å²) < 4.78 is 10.7. The summed E-state index contributed by atoms with van der Waals surface area (Å²) >= 11 is 2.85. The lowest BCUT2D eigenvalue weighted by molar-refractivity contribution is 0.155. The van der Waals surface area contributed by atoms with E-state index in [1.807, 2.05) is 36.4 Å². The van der Waals surface area contributed by atoms with E-state index in [1.54, 1.807) is 33.2 Å². The Morgan fingerprint density at radius 3 is 1.59 bits per heavy atom. The number of benzene rings is 2. The lowest BCUT2D eigenvalue weighted by Gasteiger charge is -2.39. The number of thiazole rings is 2. The van der Waals surface area contributed by atoms with Gasteiger partial charge < -0.3 is 9.47 Å². The molecule has 0 aliphatic heterocycles. The van der Waals surface area contributed by atoms with E-state index in [4.69, 9.17) is 9.47 Å². The second-order valence-electron chi connectivity index (χ2n) is 11.8. The summed E-state index contributed by atoms with van der Waals surface area (Å²) in [7, 11) is 2.85. The van der Waals surface area contributed by atoms with Crippen molar-refractivity contribution in [2.45, 2.75) is 57.0 Å². The number of hydrogen-bond acceptors (Lipinski definition) is 9. The van der Waals surface area contributed by atoms with Crippen LogP contribution < -0.4 is 9.80 Å². The Hall–Kier alpha value is -3.80. The van der Waals surface area contributed by atoms with Crippen molar-refractivity contribution < 1.29 is 19.1 Å². The van der Waals surface area contributed by atoms with Gasteiger partial charge >= 0.3 is 12.2 Å². The quantitative estimate of drug-likeness (QED) is 0.138. The fourth-order valence-corrected chi connectivity index (χ4v) is 7.87. The SMILES string of the molecule is COC(=O)N(c1cncs1)[C@@H](Cc1ccccc1)CN(CC1CCCCC1)C[C@H](Cc1ccccc1)N(C(=O)OC)c1cncs1. The molecule has 0 spiro atoms. The van der Waals surface area contributed by atoms with Gasteiger partial charge in [0.25, 0.3) is 0 Å². The molecular weight excluding hydrogens is 619 g/mol. The Kier molecular flexibility index (Phi) is 12.6. The van der Waals surface area contributed by atoms with E-state index < -0.39 is 12.2 Å². The van der Waals surface area contributed by atoms with Crippen molar-refractivity contribution in [1.82, 2.24) is 14.9 Å². The van der Waals surface area contributed by atoms with Crippen molar-refractivity contribution >= 4 is 44.9 Å². The maximum atomic E-state index is 13.5. The molecule has 0 N–H and O–H groups in total. The maximum absolute atomic E-state index is 13.5. The van der Waals surface area contributed by atoms with E-state index in [9.17, 15) is 9.59 Å². The number of rotatable bonds is 14. The zero-order valence-corrected chi connectivity index (χ0v) is 28.2. The molecule has 5 rings (SSSR count). The molecule has 0 bridgehead atoms. The molecule has 46 heavy (non-hydrogen) atoms. The average molecular weight is 662 g/mol. The highest BCUT2D eigenvalue weighted by Crippen LogP contribution is 2.30. The molecule has 11 heteroatoms. The van der Waals surface area contributed by atoms with Crippen LogP contribution in [0.3, 0.4) is 0 Å². The second kappa shape index (κ2) is 17.2. The smallest absolute Gasteiger partial charge is 0.415 e. The molecule has 0 radical (unpaired) electrons. The first-order valence-electron chi connectivity index (χ1n) is 15.9. The first kappa shape index (κ1) is 33.6. The molecule has 1 aliphatic rings. The number of ether oxygens (including phenoxy) is 2. The second-order valence-corrected chi connectivity index (χ2v) is 13.5. The van der Waals surface area contributed by atoms with Crippen molar-refractivity contribution in [1.29, 1.82) is 0 Å². The Morgan fingerprint density at radius 2 is 1.20 bits per heavy atom. The minimum absolute atomic E-state index is 0.244. The molecule has 9 nitrogen and oxygen atoms in total. The van der Waals surface area contributed by atoms with Crippen LogP contribution in [-0.4, -0.2) is 73.0 Å². The van der Waals surface area contributed by atoms with E-state index in [1.165, 1.54) is 69.0 Å². The number of carbonyl (C=O) groups is 2. The van der Waals surface area contributed by atoms with Crippen LogP contribution in [0.5, 0.6) is 0 Å². The van der Waals surface area contributed by atoms with Gasteiger partial charge in [0.2, 0.25) is 0 Å². The van der Waals surface area contributed by atoms with Gasteiger partial charge in [-0.05, 0) is 42.7 Å². The molecule has 244 valence electrons. The Bertz CT molecular complexity index is 1350. The number of aromatic nitrogens is 2. The van der Waals surface area contributed by atoms with Crippen LogP contribution in [0.2, 0.25) is 0 Å². The van der Waals surface area contributed by atoms with E-state index >= 15 is 0 Å². The van der Waals surface area contributed by atoms with Crippen molar-refractivity contribution in [3.63, 3.8) is 0 Å².